The van der Waals surface area contributed by atoms with Crippen molar-refractivity contribution in [2.75, 3.05) is 32.7 Å². The molecule has 1 saturated heterocycles. The number of primary amides is 1. The number of rotatable bonds is 5. The molecule has 2 rings (SSSR count). The number of hydrogen-bond acceptors (Lipinski definition) is 3. The van der Waals surface area contributed by atoms with Gasteiger partial charge in [0.25, 0.3) is 0 Å². The van der Waals surface area contributed by atoms with Gasteiger partial charge in [0, 0.05) is 50.2 Å². The number of carbonyl (C=O) groups is 1. The lowest BCUT2D eigenvalue weighted by Crippen LogP contribution is -2.47. The molecule has 0 bridgehead atoms. The fourth-order valence-electron chi connectivity index (χ4n) is 2.65. The zero-order valence-corrected chi connectivity index (χ0v) is 12.6. The van der Waals surface area contributed by atoms with Crippen molar-refractivity contribution >= 4 is 17.5 Å². The highest BCUT2D eigenvalue weighted by Crippen LogP contribution is 2.27. The summed E-state index contributed by atoms with van der Waals surface area (Å²) < 4.78 is 0. The summed E-state index contributed by atoms with van der Waals surface area (Å²) in [4.78, 5) is 15.5. The van der Waals surface area contributed by atoms with Crippen LogP contribution in [0.1, 0.15) is 24.9 Å². The van der Waals surface area contributed by atoms with Gasteiger partial charge in [-0.15, -0.1) is 0 Å². The maximum absolute atomic E-state index is 10.8. The molecule has 0 aromatic heterocycles. The molecule has 2 N–H and O–H groups in total. The molecule has 1 aliphatic heterocycles. The van der Waals surface area contributed by atoms with Gasteiger partial charge in [0.05, 0.1) is 0 Å². The molecule has 1 aliphatic rings. The van der Waals surface area contributed by atoms with Gasteiger partial charge in [-0.25, -0.2) is 0 Å². The maximum atomic E-state index is 10.8. The third kappa shape index (κ3) is 3.95. The number of halogens is 1. The lowest BCUT2D eigenvalue weighted by atomic mass is 10.1. The topological polar surface area (TPSA) is 49.6 Å². The Labute approximate surface area is 125 Å². The normalized spacial score (nSPS) is 18.9. The molecular formula is C15H22ClN3O. The van der Waals surface area contributed by atoms with E-state index < -0.39 is 0 Å². The van der Waals surface area contributed by atoms with Crippen molar-refractivity contribution in [3.63, 3.8) is 0 Å². The van der Waals surface area contributed by atoms with Gasteiger partial charge in [-0.3, -0.25) is 9.69 Å². The zero-order valence-electron chi connectivity index (χ0n) is 11.9. The summed E-state index contributed by atoms with van der Waals surface area (Å²) in [5, 5.41) is 0.830. The van der Waals surface area contributed by atoms with E-state index >= 15 is 0 Å². The zero-order chi connectivity index (χ0) is 14.5. The fraction of sp³-hybridized carbons (Fsp3) is 0.533. The molecule has 0 aliphatic carbocycles. The standard InChI is InChI=1S/C15H22ClN3O/c1-12(13-4-2-3-5-14(13)16)19-10-8-18(9-11-19)7-6-15(17)20/h2-5,12H,6-11H2,1H3,(H2,17,20). The van der Waals surface area contributed by atoms with Gasteiger partial charge in [0.2, 0.25) is 5.91 Å². The highest BCUT2D eigenvalue weighted by molar-refractivity contribution is 6.31. The number of benzene rings is 1. The van der Waals surface area contributed by atoms with E-state index in [0.29, 0.717) is 12.5 Å². The molecule has 4 nitrogen and oxygen atoms in total. The minimum absolute atomic E-state index is 0.225. The van der Waals surface area contributed by atoms with Crippen LogP contribution in [-0.2, 0) is 4.79 Å². The number of nitrogens with zero attached hydrogens (tertiary/aromatic N) is 2. The van der Waals surface area contributed by atoms with Crippen molar-refractivity contribution in [1.29, 1.82) is 0 Å². The summed E-state index contributed by atoms with van der Waals surface area (Å²) in [6.07, 6.45) is 0.445. The van der Waals surface area contributed by atoms with E-state index in [1.807, 2.05) is 18.2 Å². The third-order valence-electron chi connectivity index (χ3n) is 3.98. The van der Waals surface area contributed by atoms with Crippen LogP contribution in [0, 0.1) is 0 Å². The Bertz CT molecular complexity index is 458. The Morgan fingerprint density at radius 2 is 1.95 bits per heavy atom. The highest BCUT2D eigenvalue weighted by atomic mass is 35.5. The summed E-state index contributed by atoms with van der Waals surface area (Å²) in [7, 11) is 0. The highest BCUT2D eigenvalue weighted by Gasteiger charge is 2.23. The average molecular weight is 296 g/mol. The number of amides is 1. The first-order valence-corrected chi connectivity index (χ1v) is 7.45. The van der Waals surface area contributed by atoms with Crippen LogP contribution >= 0.6 is 11.6 Å². The molecule has 1 fully saturated rings. The summed E-state index contributed by atoms with van der Waals surface area (Å²) >= 11 is 6.26. The minimum atomic E-state index is -0.225. The van der Waals surface area contributed by atoms with Crippen LogP contribution in [0.2, 0.25) is 5.02 Å². The number of nitrogens with two attached hydrogens (primary N) is 1. The van der Waals surface area contributed by atoms with Gasteiger partial charge in [0.1, 0.15) is 0 Å². The van der Waals surface area contributed by atoms with E-state index in [-0.39, 0.29) is 5.91 Å². The summed E-state index contributed by atoms with van der Waals surface area (Å²) in [5.41, 5.74) is 6.37. The van der Waals surface area contributed by atoms with Crippen molar-refractivity contribution in [2.24, 2.45) is 5.73 Å². The predicted octanol–water partition coefficient (Wildman–Crippen LogP) is 1.89. The number of carbonyl (C=O) groups excluding carboxylic acids is 1. The molecular weight excluding hydrogens is 274 g/mol. The van der Waals surface area contributed by atoms with Gasteiger partial charge in [-0.2, -0.15) is 0 Å². The Kier molecular flexibility index (Phi) is 5.40. The van der Waals surface area contributed by atoms with E-state index in [4.69, 9.17) is 17.3 Å². The second kappa shape index (κ2) is 7.07. The van der Waals surface area contributed by atoms with Crippen molar-refractivity contribution in [1.82, 2.24) is 9.80 Å². The van der Waals surface area contributed by atoms with E-state index in [0.717, 1.165) is 37.7 Å². The molecule has 5 heteroatoms. The van der Waals surface area contributed by atoms with Crippen LogP contribution in [0.15, 0.2) is 24.3 Å². The van der Waals surface area contributed by atoms with Gasteiger partial charge in [0.15, 0.2) is 0 Å². The quantitative estimate of drug-likeness (QED) is 0.902. The lowest BCUT2D eigenvalue weighted by Gasteiger charge is -2.38. The summed E-state index contributed by atoms with van der Waals surface area (Å²) in [6, 6.07) is 8.34. The summed E-state index contributed by atoms with van der Waals surface area (Å²) in [6.45, 7) is 6.89. The molecule has 1 heterocycles. The van der Waals surface area contributed by atoms with E-state index in [9.17, 15) is 4.79 Å². The second-order valence-electron chi connectivity index (χ2n) is 5.29. The van der Waals surface area contributed by atoms with Gasteiger partial charge in [-0.05, 0) is 18.6 Å². The molecule has 0 radical (unpaired) electrons. The smallest absolute Gasteiger partial charge is 0.218 e. The predicted molar refractivity (Wildman–Crippen MR) is 81.7 cm³/mol. The van der Waals surface area contributed by atoms with Crippen LogP contribution in [0.3, 0.4) is 0 Å². The first-order chi connectivity index (χ1) is 9.58. The van der Waals surface area contributed by atoms with E-state index in [2.05, 4.69) is 22.8 Å². The van der Waals surface area contributed by atoms with Crippen molar-refractivity contribution in [3.8, 4) is 0 Å². The molecule has 110 valence electrons. The first-order valence-electron chi connectivity index (χ1n) is 7.07. The Morgan fingerprint density at radius 1 is 1.30 bits per heavy atom. The molecule has 1 atom stereocenters. The molecule has 1 unspecified atom stereocenters. The van der Waals surface area contributed by atoms with E-state index in [1.54, 1.807) is 0 Å². The molecule has 1 aromatic rings. The fourth-order valence-corrected chi connectivity index (χ4v) is 2.95. The van der Waals surface area contributed by atoms with Gasteiger partial charge in [-0.1, -0.05) is 29.8 Å². The van der Waals surface area contributed by atoms with Gasteiger partial charge >= 0.3 is 0 Å². The first kappa shape index (κ1) is 15.3. The third-order valence-corrected chi connectivity index (χ3v) is 4.33. The Hall–Kier alpha value is -1.10. The van der Waals surface area contributed by atoms with Crippen LogP contribution < -0.4 is 5.73 Å². The van der Waals surface area contributed by atoms with Crippen LogP contribution in [0.5, 0.6) is 0 Å². The Balaban J connectivity index is 1.87. The Morgan fingerprint density at radius 3 is 2.55 bits per heavy atom. The van der Waals surface area contributed by atoms with Crippen LogP contribution in [0.25, 0.3) is 0 Å². The van der Waals surface area contributed by atoms with Crippen LogP contribution in [-0.4, -0.2) is 48.4 Å². The summed E-state index contributed by atoms with van der Waals surface area (Å²) in [5.74, 6) is -0.225. The second-order valence-corrected chi connectivity index (χ2v) is 5.70. The van der Waals surface area contributed by atoms with Crippen molar-refractivity contribution < 1.29 is 4.79 Å². The molecule has 20 heavy (non-hydrogen) atoms. The monoisotopic (exact) mass is 295 g/mol. The average Bonchev–Trinajstić information content (AvgIpc) is 2.45. The van der Waals surface area contributed by atoms with Gasteiger partial charge < -0.3 is 10.6 Å². The van der Waals surface area contributed by atoms with E-state index in [1.165, 1.54) is 5.56 Å². The number of piperazine rings is 1. The van der Waals surface area contributed by atoms with Crippen LogP contribution in [0.4, 0.5) is 0 Å². The minimum Gasteiger partial charge on any atom is -0.370 e. The largest absolute Gasteiger partial charge is 0.370 e. The molecule has 1 aromatic carbocycles. The molecule has 0 saturated carbocycles. The van der Waals surface area contributed by atoms with Crippen molar-refractivity contribution in [2.45, 2.75) is 19.4 Å². The SMILES string of the molecule is CC(c1ccccc1Cl)N1CCN(CCC(N)=O)CC1. The molecule has 0 spiro atoms. The van der Waals surface area contributed by atoms with Crippen molar-refractivity contribution in [3.05, 3.63) is 34.9 Å². The maximum Gasteiger partial charge on any atom is 0.218 e. The molecule has 1 amide bonds. The lowest BCUT2D eigenvalue weighted by molar-refractivity contribution is -0.118. The number of hydrogen-bond donors (Lipinski definition) is 1.